The van der Waals surface area contributed by atoms with E-state index in [1.165, 1.54) is 11.3 Å². The molecule has 0 unspecified atom stereocenters. The van der Waals surface area contributed by atoms with Crippen molar-refractivity contribution in [2.45, 2.75) is 13.3 Å². The summed E-state index contributed by atoms with van der Waals surface area (Å²) in [5.41, 5.74) is 1.20. The van der Waals surface area contributed by atoms with Crippen molar-refractivity contribution in [3.05, 3.63) is 45.9 Å². The van der Waals surface area contributed by atoms with Gasteiger partial charge in [0, 0.05) is 11.8 Å². The second kappa shape index (κ2) is 5.64. The summed E-state index contributed by atoms with van der Waals surface area (Å²) in [5.74, 6) is -0.143. The Morgan fingerprint density at radius 1 is 1.39 bits per heavy atom. The Labute approximate surface area is 109 Å². The minimum Gasteiger partial charge on any atom is -0.494 e. The monoisotopic (exact) mass is 263 g/mol. The lowest BCUT2D eigenvalue weighted by molar-refractivity contribution is 0.0691. The predicted octanol–water partition coefficient (Wildman–Crippen LogP) is 2.83. The van der Waals surface area contributed by atoms with Gasteiger partial charge in [-0.05, 0) is 24.6 Å². The number of aromatic carboxylic acids is 1. The van der Waals surface area contributed by atoms with Gasteiger partial charge in [0.15, 0.2) is 5.69 Å². The minimum atomic E-state index is -0.982. The van der Waals surface area contributed by atoms with E-state index in [9.17, 15) is 4.79 Å². The minimum absolute atomic E-state index is 0.112. The van der Waals surface area contributed by atoms with Crippen molar-refractivity contribution in [1.29, 1.82) is 0 Å². The molecule has 2 rings (SSSR count). The first-order chi connectivity index (χ1) is 8.69. The van der Waals surface area contributed by atoms with Crippen molar-refractivity contribution >= 4 is 17.3 Å². The van der Waals surface area contributed by atoms with E-state index >= 15 is 0 Å². The Bertz CT molecular complexity index is 533. The molecule has 0 aliphatic rings. The van der Waals surface area contributed by atoms with Gasteiger partial charge in [-0.2, -0.15) is 0 Å². The highest BCUT2D eigenvalue weighted by molar-refractivity contribution is 7.09. The molecule has 5 heteroatoms. The quantitative estimate of drug-likeness (QED) is 0.901. The zero-order valence-corrected chi connectivity index (χ0v) is 10.7. The highest BCUT2D eigenvalue weighted by atomic mass is 32.1. The van der Waals surface area contributed by atoms with Gasteiger partial charge in [-0.3, -0.25) is 0 Å². The molecule has 0 amide bonds. The number of benzene rings is 1. The summed E-state index contributed by atoms with van der Waals surface area (Å²) in [6.45, 7) is 2.59. The van der Waals surface area contributed by atoms with Crippen LogP contribution in [0.15, 0.2) is 29.6 Å². The van der Waals surface area contributed by atoms with E-state index < -0.39 is 5.97 Å². The lowest BCUT2D eigenvalue weighted by Gasteiger charge is -2.03. The van der Waals surface area contributed by atoms with Crippen LogP contribution >= 0.6 is 11.3 Å². The molecule has 0 atom stereocenters. The molecule has 0 saturated heterocycles. The number of hydrogen-bond acceptors (Lipinski definition) is 4. The van der Waals surface area contributed by atoms with E-state index in [0.717, 1.165) is 16.3 Å². The average Bonchev–Trinajstić information content (AvgIpc) is 2.81. The number of nitrogens with zero attached hydrogens (tertiary/aromatic N) is 1. The first-order valence-electron chi connectivity index (χ1n) is 5.58. The molecule has 2 aromatic rings. The Balaban J connectivity index is 2.06. The standard InChI is InChI=1S/C13H13NO3S/c1-2-17-10-5-3-9(4-6-10)7-12-14-11(8-18-12)13(15)16/h3-6,8H,2,7H2,1H3,(H,15,16). The summed E-state index contributed by atoms with van der Waals surface area (Å²) < 4.78 is 5.36. The first-order valence-corrected chi connectivity index (χ1v) is 6.46. The fraction of sp³-hybridized carbons (Fsp3) is 0.231. The van der Waals surface area contributed by atoms with Crippen molar-refractivity contribution in [2.24, 2.45) is 0 Å². The third-order valence-electron chi connectivity index (χ3n) is 2.36. The van der Waals surface area contributed by atoms with E-state index in [1.54, 1.807) is 5.38 Å². The van der Waals surface area contributed by atoms with Gasteiger partial charge in [0.25, 0.3) is 0 Å². The van der Waals surface area contributed by atoms with Crippen LogP contribution in [0.2, 0.25) is 0 Å². The number of carbonyl (C=O) groups is 1. The van der Waals surface area contributed by atoms with Crippen LogP contribution in [0.5, 0.6) is 5.75 Å². The molecule has 0 aliphatic heterocycles. The summed E-state index contributed by atoms with van der Waals surface area (Å²) in [5, 5.41) is 11.2. The number of thiazole rings is 1. The van der Waals surface area contributed by atoms with Gasteiger partial charge in [0.1, 0.15) is 5.75 Å². The van der Waals surface area contributed by atoms with Gasteiger partial charge in [0.05, 0.1) is 11.6 Å². The van der Waals surface area contributed by atoms with E-state index in [-0.39, 0.29) is 5.69 Å². The highest BCUT2D eigenvalue weighted by Crippen LogP contribution is 2.17. The van der Waals surface area contributed by atoms with E-state index in [0.29, 0.717) is 13.0 Å². The van der Waals surface area contributed by atoms with Gasteiger partial charge in [-0.1, -0.05) is 12.1 Å². The number of hydrogen-bond donors (Lipinski definition) is 1. The smallest absolute Gasteiger partial charge is 0.355 e. The molecule has 18 heavy (non-hydrogen) atoms. The maximum Gasteiger partial charge on any atom is 0.355 e. The van der Waals surface area contributed by atoms with Gasteiger partial charge in [-0.25, -0.2) is 9.78 Å². The lowest BCUT2D eigenvalue weighted by Crippen LogP contribution is -1.97. The van der Waals surface area contributed by atoms with Crippen LogP contribution in [0.1, 0.15) is 28.0 Å². The Hall–Kier alpha value is -1.88. The van der Waals surface area contributed by atoms with Gasteiger partial charge in [-0.15, -0.1) is 11.3 Å². The SMILES string of the molecule is CCOc1ccc(Cc2nc(C(=O)O)cs2)cc1. The molecule has 0 aliphatic carbocycles. The normalized spacial score (nSPS) is 10.3. The second-order valence-corrected chi connectivity index (χ2v) is 4.63. The van der Waals surface area contributed by atoms with Crippen molar-refractivity contribution in [3.8, 4) is 5.75 Å². The summed E-state index contributed by atoms with van der Waals surface area (Å²) in [7, 11) is 0. The number of rotatable bonds is 5. The van der Waals surface area contributed by atoms with Crippen LogP contribution in [0.4, 0.5) is 0 Å². The van der Waals surface area contributed by atoms with Gasteiger partial charge >= 0.3 is 5.97 Å². The third-order valence-corrected chi connectivity index (χ3v) is 3.21. The molecule has 4 nitrogen and oxygen atoms in total. The number of aromatic nitrogens is 1. The number of ether oxygens (including phenoxy) is 1. The first kappa shape index (κ1) is 12.6. The molecule has 0 fully saturated rings. The van der Waals surface area contributed by atoms with Crippen molar-refractivity contribution in [2.75, 3.05) is 6.61 Å². The maximum absolute atomic E-state index is 10.7. The van der Waals surface area contributed by atoms with E-state index in [4.69, 9.17) is 9.84 Å². The van der Waals surface area contributed by atoms with Crippen LogP contribution < -0.4 is 4.74 Å². The van der Waals surface area contributed by atoms with Crippen LogP contribution in [0.25, 0.3) is 0 Å². The lowest BCUT2D eigenvalue weighted by atomic mass is 10.1. The highest BCUT2D eigenvalue weighted by Gasteiger charge is 2.08. The van der Waals surface area contributed by atoms with Crippen molar-refractivity contribution in [3.63, 3.8) is 0 Å². The van der Waals surface area contributed by atoms with Crippen LogP contribution in [0, 0.1) is 0 Å². The molecule has 0 spiro atoms. The molecule has 0 radical (unpaired) electrons. The summed E-state index contributed by atoms with van der Waals surface area (Å²) in [6, 6.07) is 7.74. The third kappa shape index (κ3) is 3.07. The largest absolute Gasteiger partial charge is 0.494 e. The molecule has 0 bridgehead atoms. The van der Waals surface area contributed by atoms with Crippen molar-refractivity contribution in [1.82, 2.24) is 4.98 Å². The average molecular weight is 263 g/mol. The molecular weight excluding hydrogens is 250 g/mol. The summed E-state index contributed by atoms with van der Waals surface area (Å²) in [6.07, 6.45) is 0.643. The topological polar surface area (TPSA) is 59.4 Å². The molecule has 1 aromatic carbocycles. The molecule has 1 aromatic heterocycles. The number of carboxylic acids is 1. The molecular formula is C13H13NO3S. The zero-order valence-electron chi connectivity index (χ0n) is 9.92. The van der Waals surface area contributed by atoms with Crippen molar-refractivity contribution < 1.29 is 14.6 Å². The zero-order chi connectivity index (χ0) is 13.0. The Morgan fingerprint density at radius 3 is 2.67 bits per heavy atom. The van der Waals surface area contributed by atoms with E-state index in [1.807, 2.05) is 31.2 Å². The molecule has 94 valence electrons. The predicted molar refractivity (Wildman–Crippen MR) is 69.5 cm³/mol. The summed E-state index contributed by atoms with van der Waals surface area (Å²) >= 11 is 1.36. The Kier molecular flexibility index (Phi) is 3.94. The fourth-order valence-electron chi connectivity index (χ4n) is 1.54. The van der Waals surface area contributed by atoms with Crippen LogP contribution in [-0.4, -0.2) is 22.7 Å². The second-order valence-electron chi connectivity index (χ2n) is 3.69. The Morgan fingerprint density at radius 2 is 2.11 bits per heavy atom. The maximum atomic E-state index is 10.7. The molecule has 0 saturated carbocycles. The van der Waals surface area contributed by atoms with Gasteiger partial charge in [0.2, 0.25) is 0 Å². The number of carboxylic acid groups (broad SMARTS) is 1. The fourth-order valence-corrected chi connectivity index (χ4v) is 2.34. The van der Waals surface area contributed by atoms with Gasteiger partial charge < -0.3 is 9.84 Å². The van der Waals surface area contributed by atoms with Crippen LogP contribution in [0.3, 0.4) is 0 Å². The molecule has 1 heterocycles. The van der Waals surface area contributed by atoms with Crippen LogP contribution in [-0.2, 0) is 6.42 Å². The summed E-state index contributed by atoms with van der Waals surface area (Å²) in [4.78, 5) is 14.8. The van der Waals surface area contributed by atoms with E-state index in [2.05, 4.69) is 4.98 Å². The molecule has 1 N–H and O–H groups in total.